The maximum atomic E-state index is 11.6. The van der Waals surface area contributed by atoms with E-state index in [4.69, 9.17) is 5.11 Å². The Morgan fingerprint density at radius 1 is 1.35 bits per heavy atom. The van der Waals surface area contributed by atoms with Crippen molar-refractivity contribution in [2.75, 3.05) is 6.61 Å². The van der Waals surface area contributed by atoms with Crippen molar-refractivity contribution < 1.29 is 15.0 Å². The van der Waals surface area contributed by atoms with E-state index in [1.165, 1.54) is 0 Å². The molecule has 0 radical (unpaired) electrons. The fourth-order valence-corrected chi connectivity index (χ4v) is 1.45. The molecule has 0 aromatic heterocycles. The molecule has 0 bridgehead atoms. The van der Waals surface area contributed by atoms with Gasteiger partial charge in [0.25, 0.3) is 0 Å². The first-order valence-electron chi connectivity index (χ1n) is 5.63. The summed E-state index contributed by atoms with van der Waals surface area (Å²) in [4.78, 5) is 11.6. The summed E-state index contributed by atoms with van der Waals surface area (Å²) in [5.41, 5.74) is 0.153. The second-order valence-electron chi connectivity index (χ2n) is 4.72. The van der Waals surface area contributed by atoms with Crippen LogP contribution in [0.25, 0.3) is 0 Å². The zero-order valence-corrected chi connectivity index (χ0v) is 10.2. The number of carbonyl (C=O) groups excluding carboxylic acids is 1. The van der Waals surface area contributed by atoms with Gasteiger partial charge < -0.3 is 15.5 Å². The number of para-hydroxylation sites is 1. The monoisotopic (exact) mass is 237 g/mol. The topological polar surface area (TPSA) is 69.6 Å². The van der Waals surface area contributed by atoms with E-state index in [1.807, 2.05) is 6.07 Å². The van der Waals surface area contributed by atoms with Gasteiger partial charge in [0, 0.05) is 6.42 Å². The first-order valence-corrected chi connectivity index (χ1v) is 5.63. The lowest BCUT2D eigenvalue weighted by molar-refractivity contribution is -0.123. The van der Waals surface area contributed by atoms with Crippen LogP contribution >= 0.6 is 0 Å². The number of aryl methyl sites for hydroxylation is 1. The minimum atomic E-state index is -0.601. The number of benzene rings is 1. The molecule has 0 atom stereocenters. The van der Waals surface area contributed by atoms with Gasteiger partial charge in [-0.25, -0.2) is 0 Å². The van der Waals surface area contributed by atoms with Gasteiger partial charge in [0.15, 0.2) is 0 Å². The van der Waals surface area contributed by atoms with Crippen molar-refractivity contribution in [3.63, 3.8) is 0 Å². The predicted molar refractivity (Wildman–Crippen MR) is 65.7 cm³/mol. The number of hydrogen-bond acceptors (Lipinski definition) is 3. The van der Waals surface area contributed by atoms with Crippen molar-refractivity contribution in [1.29, 1.82) is 0 Å². The lowest BCUT2D eigenvalue weighted by atomic mass is 10.1. The molecule has 0 saturated carbocycles. The van der Waals surface area contributed by atoms with Crippen molar-refractivity contribution in [2.45, 2.75) is 32.2 Å². The summed E-state index contributed by atoms with van der Waals surface area (Å²) in [5, 5.41) is 21.3. The fourth-order valence-electron chi connectivity index (χ4n) is 1.45. The number of carbonyl (C=O) groups is 1. The molecule has 1 rings (SSSR count). The summed E-state index contributed by atoms with van der Waals surface area (Å²) < 4.78 is 0. The standard InChI is InChI=1S/C13H19NO3/c1-13(2,9-15)14-12(17)8-7-10-5-3-4-6-11(10)16/h3-6,15-16H,7-9H2,1-2H3,(H,14,17). The molecule has 3 N–H and O–H groups in total. The number of amides is 1. The molecule has 0 aliphatic carbocycles. The van der Waals surface area contributed by atoms with Gasteiger partial charge in [-0.3, -0.25) is 4.79 Å². The first-order chi connectivity index (χ1) is 7.94. The van der Waals surface area contributed by atoms with Crippen LogP contribution in [-0.2, 0) is 11.2 Å². The largest absolute Gasteiger partial charge is 0.508 e. The number of aliphatic hydroxyl groups is 1. The van der Waals surface area contributed by atoms with Gasteiger partial charge in [-0.2, -0.15) is 0 Å². The van der Waals surface area contributed by atoms with E-state index in [0.717, 1.165) is 5.56 Å². The van der Waals surface area contributed by atoms with E-state index in [2.05, 4.69) is 5.32 Å². The van der Waals surface area contributed by atoms with Crippen molar-refractivity contribution in [3.8, 4) is 5.75 Å². The molecular weight excluding hydrogens is 218 g/mol. The minimum Gasteiger partial charge on any atom is -0.508 e. The van der Waals surface area contributed by atoms with Crippen molar-refractivity contribution in [3.05, 3.63) is 29.8 Å². The summed E-state index contributed by atoms with van der Waals surface area (Å²) in [5.74, 6) is 0.0778. The predicted octanol–water partition coefficient (Wildman–Crippen LogP) is 1.21. The van der Waals surface area contributed by atoms with Crippen LogP contribution in [0, 0.1) is 0 Å². The van der Waals surface area contributed by atoms with E-state index in [9.17, 15) is 9.90 Å². The van der Waals surface area contributed by atoms with Crippen LogP contribution < -0.4 is 5.32 Å². The van der Waals surface area contributed by atoms with Gasteiger partial charge in [0.05, 0.1) is 12.1 Å². The highest BCUT2D eigenvalue weighted by atomic mass is 16.3. The second-order valence-corrected chi connectivity index (χ2v) is 4.72. The van der Waals surface area contributed by atoms with Crippen LogP contribution in [0.15, 0.2) is 24.3 Å². The molecule has 0 fully saturated rings. The lowest BCUT2D eigenvalue weighted by Gasteiger charge is -2.23. The Kier molecular flexibility index (Phi) is 4.52. The van der Waals surface area contributed by atoms with Crippen LogP contribution in [0.5, 0.6) is 5.75 Å². The Morgan fingerprint density at radius 3 is 2.59 bits per heavy atom. The van der Waals surface area contributed by atoms with Gasteiger partial charge in [0.2, 0.25) is 5.91 Å². The van der Waals surface area contributed by atoms with E-state index in [0.29, 0.717) is 12.8 Å². The molecule has 0 spiro atoms. The number of hydrogen-bond donors (Lipinski definition) is 3. The number of aliphatic hydroxyl groups excluding tert-OH is 1. The summed E-state index contributed by atoms with van der Waals surface area (Å²) in [6, 6.07) is 6.96. The second kappa shape index (κ2) is 5.68. The third kappa shape index (κ3) is 4.44. The highest BCUT2D eigenvalue weighted by Gasteiger charge is 2.18. The number of rotatable bonds is 5. The molecule has 1 aromatic rings. The number of phenolic OH excluding ortho intramolecular Hbond substituents is 1. The molecule has 1 aromatic carbocycles. The SMILES string of the molecule is CC(C)(CO)NC(=O)CCc1ccccc1O. The summed E-state index contributed by atoms with van der Waals surface area (Å²) in [6.45, 7) is 3.41. The van der Waals surface area contributed by atoms with Crippen LogP contribution in [0.2, 0.25) is 0 Å². The molecule has 1 amide bonds. The zero-order valence-electron chi connectivity index (χ0n) is 10.2. The van der Waals surface area contributed by atoms with E-state index in [1.54, 1.807) is 32.0 Å². The van der Waals surface area contributed by atoms with Gasteiger partial charge >= 0.3 is 0 Å². The molecule has 4 nitrogen and oxygen atoms in total. The van der Waals surface area contributed by atoms with Crippen LogP contribution in [0.4, 0.5) is 0 Å². The summed E-state index contributed by atoms with van der Waals surface area (Å²) in [7, 11) is 0. The van der Waals surface area contributed by atoms with Crippen molar-refractivity contribution in [2.24, 2.45) is 0 Å². The van der Waals surface area contributed by atoms with Gasteiger partial charge in [0.1, 0.15) is 5.75 Å². The van der Waals surface area contributed by atoms with E-state index in [-0.39, 0.29) is 18.3 Å². The van der Waals surface area contributed by atoms with Crippen molar-refractivity contribution in [1.82, 2.24) is 5.32 Å². The van der Waals surface area contributed by atoms with Crippen LogP contribution in [0.1, 0.15) is 25.8 Å². The third-order valence-electron chi connectivity index (χ3n) is 2.49. The molecule has 0 unspecified atom stereocenters. The molecule has 0 aliphatic heterocycles. The highest BCUT2D eigenvalue weighted by molar-refractivity contribution is 5.77. The lowest BCUT2D eigenvalue weighted by Crippen LogP contribution is -2.46. The smallest absolute Gasteiger partial charge is 0.220 e. The fraction of sp³-hybridized carbons (Fsp3) is 0.462. The Balaban J connectivity index is 2.47. The molecule has 0 saturated heterocycles. The van der Waals surface area contributed by atoms with Crippen LogP contribution in [0.3, 0.4) is 0 Å². The molecule has 0 heterocycles. The van der Waals surface area contributed by atoms with Gasteiger partial charge in [-0.05, 0) is 31.9 Å². The number of aromatic hydroxyl groups is 1. The normalized spacial score (nSPS) is 11.2. The average molecular weight is 237 g/mol. The third-order valence-corrected chi connectivity index (χ3v) is 2.49. The molecule has 4 heteroatoms. The van der Waals surface area contributed by atoms with Gasteiger partial charge in [-0.1, -0.05) is 18.2 Å². The van der Waals surface area contributed by atoms with Crippen molar-refractivity contribution >= 4 is 5.91 Å². The first kappa shape index (κ1) is 13.5. The average Bonchev–Trinajstić information content (AvgIpc) is 2.27. The molecule has 0 aliphatic rings. The quantitative estimate of drug-likeness (QED) is 0.721. The van der Waals surface area contributed by atoms with Crippen LogP contribution in [-0.4, -0.2) is 28.3 Å². The Morgan fingerprint density at radius 2 is 2.00 bits per heavy atom. The summed E-state index contributed by atoms with van der Waals surface area (Å²) in [6.07, 6.45) is 0.779. The Labute approximate surface area is 101 Å². The minimum absolute atomic E-state index is 0.102. The Hall–Kier alpha value is -1.55. The summed E-state index contributed by atoms with van der Waals surface area (Å²) >= 11 is 0. The van der Waals surface area contributed by atoms with E-state index >= 15 is 0 Å². The Bertz CT molecular complexity index is 388. The highest BCUT2D eigenvalue weighted by Crippen LogP contribution is 2.17. The molecular formula is C13H19NO3. The maximum absolute atomic E-state index is 11.6. The molecule has 94 valence electrons. The number of nitrogens with one attached hydrogen (secondary N) is 1. The molecule has 17 heavy (non-hydrogen) atoms. The van der Waals surface area contributed by atoms with E-state index < -0.39 is 5.54 Å². The number of phenols is 1. The maximum Gasteiger partial charge on any atom is 0.220 e. The zero-order chi connectivity index (χ0) is 12.9. The van der Waals surface area contributed by atoms with Gasteiger partial charge in [-0.15, -0.1) is 0 Å².